The van der Waals surface area contributed by atoms with E-state index in [-0.39, 0.29) is 17.7 Å². The minimum absolute atomic E-state index is 0.00827. The van der Waals surface area contributed by atoms with E-state index in [1.807, 2.05) is 18.5 Å². The molecular formula is C18H28N4O2. The van der Waals surface area contributed by atoms with Gasteiger partial charge >= 0.3 is 6.03 Å². The molecule has 24 heavy (non-hydrogen) atoms. The molecule has 1 unspecified atom stereocenters. The third kappa shape index (κ3) is 4.24. The number of likely N-dealkylation sites (tertiary alicyclic amines) is 1. The number of hydrogen-bond donors (Lipinski definition) is 1. The molecule has 2 aliphatic heterocycles. The smallest absolute Gasteiger partial charge is 0.317 e. The monoisotopic (exact) mass is 332 g/mol. The summed E-state index contributed by atoms with van der Waals surface area (Å²) >= 11 is 0. The topological polar surface area (TPSA) is 57.7 Å². The fourth-order valence-corrected chi connectivity index (χ4v) is 3.67. The maximum atomic E-state index is 11.9. The van der Waals surface area contributed by atoms with Crippen LogP contribution < -0.4 is 5.32 Å². The Labute approximate surface area is 144 Å². The summed E-state index contributed by atoms with van der Waals surface area (Å²) < 4.78 is 6.17. The van der Waals surface area contributed by atoms with Crippen LogP contribution in [0.5, 0.6) is 0 Å². The summed E-state index contributed by atoms with van der Waals surface area (Å²) in [6.45, 7) is 3.75. The molecule has 0 aliphatic carbocycles. The van der Waals surface area contributed by atoms with E-state index >= 15 is 0 Å². The predicted octanol–water partition coefficient (Wildman–Crippen LogP) is 1.87. The number of carbonyl (C=O) groups excluding carboxylic acids is 1. The zero-order valence-electron chi connectivity index (χ0n) is 14.7. The van der Waals surface area contributed by atoms with Crippen LogP contribution in [0.1, 0.15) is 31.2 Å². The number of rotatable bonds is 3. The second-order valence-electron chi connectivity index (χ2n) is 7.20. The van der Waals surface area contributed by atoms with Crippen molar-refractivity contribution in [1.29, 1.82) is 0 Å². The number of nitrogens with one attached hydrogen (secondary N) is 1. The van der Waals surface area contributed by atoms with Gasteiger partial charge in [0, 0.05) is 58.8 Å². The van der Waals surface area contributed by atoms with Crippen LogP contribution in [-0.2, 0) is 11.3 Å². The minimum atomic E-state index is -0.0616. The Kier molecular flexibility index (Phi) is 5.36. The first-order chi connectivity index (χ1) is 11.6. The van der Waals surface area contributed by atoms with Crippen LogP contribution in [0.15, 0.2) is 24.5 Å². The molecule has 0 saturated carbocycles. The number of nitrogens with zero attached hydrogens (tertiary/aromatic N) is 3. The zero-order valence-corrected chi connectivity index (χ0v) is 14.7. The molecule has 2 fully saturated rings. The van der Waals surface area contributed by atoms with Gasteiger partial charge in [0.05, 0.1) is 5.60 Å². The largest absolute Gasteiger partial charge is 0.375 e. The van der Waals surface area contributed by atoms with Crippen LogP contribution in [-0.4, -0.2) is 66.2 Å². The van der Waals surface area contributed by atoms with Crippen molar-refractivity contribution in [2.24, 2.45) is 0 Å². The Morgan fingerprint density at radius 1 is 1.46 bits per heavy atom. The number of urea groups is 1. The lowest BCUT2D eigenvalue weighted by atomic mass is 9.82. The van der Waals surface area contributed by atoms with Crippen LogP contribution in [0.3, 0.4) is 0 Å². The number of aromatic nitrogens is 1. The molecule has 2 saturated heterocycles. The van der Waals surface area contributed by atoms with Gasteiger partial charge in [-0.1, -0.05) is 6.07 Å². The second-order valence-corrected chi connectivity index (χ2v) is 7.20. The Morgan fingerprint density at radius 2 is 2.25 bits per heavy atom. The third-order valence-electron chi connectivity index (χ3n) is 5.12. The van der Waals surface area contributed by atoms with Crippen LogP contribution in [0, 0.1) is 0 Å². The molecule has 3 heterocycles. The number of ether oxygens (including phenoxy) is 1. The maximum Gasteiger partial charge on any atom is 0.317 e. The summed E-state index contributed by atoms with van der Waals surface area (Å²) in [4.78, 5) is 20.1. The van der Waals surface area contributed by atoms with Crippen LogP contribution in [0.4, 0.5) is 4.79 Å². The minimum Gasteiger partial charge on any atom is -0.375 e. The molecule has 1 atom stereocenters. The number of amides is 2. The van der Waals surface area contributed by atoms with E-state index in [0.717, 1.165) is 51.9 Å². The highest BCUT2D eigenvalue weighted by Gasteiger charge is 2.40. The van der Waals surface area contributed by atoms with Gasteiger partial charge < -0.3 is 15.0 Å². The number of carbonyl (C=O) groups is 1. The molecule has 0 aromatic carbocycles. The van der Waals surface area contributed by atoms with Gasteiger partial charge in [-0.05, 0) is 37.3 Å². The van der Waals surface area contributed by atoms with Crippen molar-refractivity contribution in [3.8, 4) is 0 Å². The number of pyridine rings is 1. The standard InChI is InChI=1S/C18H28N4O2/c1-21(2)17(23)20-16-5-11-24-18(12-16)6-9-22(10-7-18)14-15-4-3-8-19-13-15/h3-4,8,13,16H,5-7,9-12,14H2,1-2H3,(H,20,23). The molecule has 1 N–H and O–H groups in total. The molecule has 1 aromatic rings. The highest BCUT2D eigenvalue weighted by Crippen LogP contribution is 2.35. The van der Waals surface area contributed by atoms with Gasteiger partial charge in [0.25, 0.3) is 0 Å². The molecular weight excluding hydrogens is 304 g/mol. The lowest BCUT2D eigenvalue weighted by Crippen LogP contribution is -2.54. The summed E-state index contributed by atoms with van der Waals surface area (Å²) in [5.41, 5.74) is 1.20. The Hall–Kier alpha value is -1.66. The first kappa shape index (κ1) is 17.2. The van der Waals surface area contributed by atoms with Crippen molar-refractivity contribution >= 4 is 6.03 Å². The van der Waals surface area contributed by atoms with Crippen molar-refractivity contribution in [1.82, 2.24) is 20.1 Å². The average Bonchev–Trinajstić information content (AvgIpc) is 2.58. The maximum absolute atomic E-state index is 11.9. The van der Waals surface area contributed by atoms with E-state index in [9.17, 15) is 4.79 Å². The van der Waals surface area contributed by atoms with Gasteiger partial charge in [-0.3, -0.25) is 9.88 Å². The first-order valence-electron chi connectivity index (χ1n) is 8.79. The fraction of sp³-hybridized carbons (Fsp3) is 0.667. The van der Waals surface area contributed by atoms with Crippen molar-refractivity contribution in [3.63, 3.8) is 0 Å². The summed E-state index contributed by atoms with van der Waals surface area (Å²) in [6.07, 6.45) is 7.64. The van der Waals surface area contributed by atoms with E-state index in [2.05, 4.69) is 21.3 Å². The number of hydrogen-bond acceptors (Lipinski definition) is 4. The Bertz CT molecular complexity index is 541. The van der Waals surface area contributed by atoms with Gasteiger partial charge in [-0.2, -0.15) is 0 Å². The quantitative estimate of drug-likeness (QED) is 0.918. The molecule has 2 amide bonds. The molecule has 2 aliphatic rings. The van der Waals surface area contributed by atoms with E-state index in [0.29, 0.717) is 0 Å². The normalized spacial score (nSPS) is 23.8. The molecule has 0 radical (unpaired) electrons. The summed E-state index contributed by atoms with van der Waals surface area (Å²) in [5.74, 6) is 0. The highest BCUT2D eigenvalue weighted by atomic mass is 16.5. The molecule has 1 aromatic heterocycles. The molecule has 3 rings (SSSR count). The van der Waals surface area contributed by atoms with E-state index in [1.165, 1.54) is 5.56 Å². The van der Waals surface area contributed by atoms with Crippen molar-refractivity contribution in [3.05, 3.63) is 30.1 Å². The van der Waals surface area contributed by atoms with Gasteiger partial charge in [-0.15, -0.1) is 0 Å². The SMILES string of the molecule is CN(C)C(=O)NC1CCOC2(CCN(Cc3cccnc3)CC2)C1. The molecule has 132 valence electrons. The van der Waals surface area contributed by atoms with E-state index in [1.54, 1.807) is 19.0 Å². The van der Waals surface area contributed by atoms with Crippen LogP contribution >= 0.6 is 0 Å². The predicted molar refractivity (Wildman–Crippen MR) is 92.7 cm³/mol. The lowest BCUT2D eigenvalue weighted by Gasteiger charge is -2.46. The molecule has 1 spiro atoms. The molecule has 0 bridgehead atoms. The Morgan fingerprint density at radius 3 is 2.92 bits per heavy atom. The van der Waals surface area contributed by atoms with E-state index < -0.39 is 0 Å². The van der Waals surface area contributed by atoms with Crippen molar-refractivity contribution in [2.75, 3.05) is 33.8 Å². The highest BCUT2D eigenvalue weighted by molar-refractivity contribution is 5.73. The van der Waals surface area contributed by atoms with Gasteiger partial charge in [0.15, 0.2) is 0 Å². The molecule has 6 heteroatoms. The van der Waals surface area contributed by atoms with Crippen molar-refractivity contribution < 1.29 is 9.53 Å². The van der Waals surface area contributed by atoms with Crippen LogP contribution in [0.25, 0.3) is 0 Å². The fourth-order valence-electron chi connectivity index (χ4n) is 3.67. The first-order valence-corrected chi connectivity index (χ1v) is 8.79. The van der Waals surface area contributed by atoms with Crippen molar-refractivity contribution in [2.45, 2.75) is 43.9 Å². The van der Waals surface area contributed by atoms with Gasteiger partial charge in [0.2, 0.25) is 0 Å². The third-order valence-corrected chi connectivity index (χ3v) is 5.12. The average molecular weight is 332 g/mol. The van der Waals surface area contributed by atoms with E-state index in [4.69, 9.17) is 4.74 Å². The van der Waals surface area contributed by atoms with Crippen LogP contribution in [0.2, 0.25) is 0 Å². The Balaban J connectivity index is 1.51. The zero-order chi connectivity index (χ0) is 17.0. The molecule has 6 nitrogen and oxygen atoms in total. The summed E-state index contributed by atoms with van der Waals surface area (Å²) in [7, 11) is 3.56. The van der Waals surface area contributed by atoms with Gasteiger partial charge in [0.1, 0.15) is 0 Å². The van der Waals surface area contributed by atoms with Gasteiger partial charge in [-0.25, -0.2) is 4.79 Å². The lowest BCUT2D eigenvalue weighted by molar-refractivity contribution is -0.119. The summed E-state index contributed by atoms with van der Waals surface area (Å²) in [6, 6.07) is 4.33. The summed E-state index contributed by atoms with van der Waals surface area (Å²) in [5, 5.41) is 3.13. The number of piperidine rings is 1. The second kappa shape index (κ2) is 7.49.